The van der Waals surface area contributed by atoms with Gasteiger partial charge in [0, 0.05) is 6.42 Å². The van der Waals surface area contributed by atoms with Crippen molar-refractivity contribution in [2.24, 2.45) is 0 Å². The quantitative estimate of drug-likeness (QED) is 0.677. The Labute approximate surface area is 143 Å². The molecular formula is C18H15N3O4. The lowest BCUT2D eigenvalue weighted by Gasteiger charge is -2.09. The number of nitrogens with zero attached hydrogens (tertiary/aromatic N) is 3. The fourth-order valence-corrected chi connectivity index (χ4v) is 2.73. The summed E-state index contributed by atoms with van der Waals surface area (Å²) in [4.78, 5) is 23.5. The van der Waals surface area contributed by atoms with Gasteiger partial charge in [-0.25, -0.2) is 14.3 Å². The van der Waals surface area contributed by atoms with Crippen LogP contribution in [0.25, 0.3) is 11.0 Å². The largest absolute Gasteiger partial charge is 0.463 e. The molecule has 1 aromatic heterocycles. The predicted octanol–water partition coefficient (Wildman–Crippen LogP) is 1.95. The number of carbonyl (C=O) groups is 2. The van der Waals surface area contributed by atoms with Crippen LogP contribution in [0.1, 0.15) is 22.3 Å². The molecule has 1 fully saturated rings. The molecule has 25 heavy (non-hydrogen) atoms. The zero-order chi connectivity index (χ0) is 17.2. The van der Waals surface area contributed by atoms with E-state index in [2.05, 4.69) is 10.3 Å². The van der Waals surface area contributed by atoms with Gasteiger partial charge in [-0.1, -0.05) is 29.5 Å². The van der Waals surface area contributed by atoms with E-state index in [1.165, 1.54) is 0 Å². The molecule has 2 aromatic carbocycles. The van der Waals surface area contributed by atoms with Crippen LogP contribution < -0.4 is 0 Å². The van der Waals surface area contributed by atoms with E-state index in [-0.39, 0.29) is 0 Å². The van der Waals surface area contributed by atoms with Gasteiger partial charge in [-0.2, -0.15) is 0 Å². The first-order valence-electron chi connectivity index (χ1n) is 7.95. The maximum Gasteiger partial charge on any atom is 0.347 e. The first kappa shape index (κ1) is 15.3. The number of fused-ring (bicyclic) bond motifs is 1. The molecule has 0 N–H and O–H groups in total. The highest BCUT2D eigenvalue weighted by atomic mass is 16.6. The summed E-state index contributed by atoms with van der Waals surface area (Å²) in [5, 5.41) is 8.27. The van der Waals surface area contributed by atoms with Crippen molar-refractivity contribution in [3.05, 3.63) is 59.7 Å². The van der Waals surface area contributed by atoms with Gasteiger partial charge in [0.25, 0.3) is 0 Å². The first-order valence-corrected chi connectivity index (χ1v) is 7.95. The Kier molecular flexibility index (Phi) is 3.89. The highest BCUT2D eigenvalue weighted by Crippen LogP contribution is 2.15. The SMILES string of the molecule is O=C(O[C@@H]1CCOC1=O)c1ccc(Cn2nnc3ccccc32)cc1. The molecule has 1 aliphatic rings. The van der Waals surface area contributed by atoms with E-state index in [0.717, 1.165) is 16.6 Å². The number of hydrogen-bond donors (Lipinski definition) is 0. The van der Waals surface area contributed by atoms with Crippen molar-refractivity contribution in [1.29, 1.82) is 0 Å². The molecule has 3 aromatic rings. The molecule has 1 saturated heterocycles. The van der Waals surface area contributed by atoms with E-state index in [1.807, 2.05) is 36.4 Å². The van der Waals surface area contributed by atoms with Crippen LogP contribution in [0.15, 0.2) is 48.5 Å². The van der Waals surface area contributed by atoms with Crippen molar-refractivity contribution in [3.63, 3.8) is 0 Å². The summed E-state index contributed by atoms with van der Waals surface area (Å²) >= 11 is 0. The van der Waals surface area contributed by atoms with Crippen LogP contribution in [0.3, 0.4) is 0 Å². The Balaban J connectivity index is 1.46. The number of ether oxygens (including phenoxy) is 2. The molecule has 0 saturated carbocycles. The third-order valence-corrected chi connectivity index (χ3v) is 4.08. The van der Waals surface area contributed by atoms with Crippen molar-refractivity contribution < 1.29 is 19.1 Å². The number of rotatable bonds is 4. The van der Waals surface area contributed by atoms with Gasteiger partial charge in [0.1, 0.15) is 5.52 Å². The minimum Gasteiger partial charge on any atom is -0.463 e. The van der Waals surface area contributed by atoms with Crippen molar-refractivity contribution in [3.8, 4) is 0 Å². The maximum atomic E-state index is 12.1. The third-order valence-electron chi connectivity index (χ3n) is 4.08. The lowest BCUT2D eigenvalue weighted by molar-refractivity contribution is -0.145. The molecule has 126 valence electrons. The molecule has 1 aliphatic heterocycles. The summed E-state index contributed by atoms with van der Waals surface area (Å²) in [5.74, 6) is -1.01. The van der Waals surface area contributed by atoms with Gasteiger partial charge < -0.3 is 9.47 Å². The lowest BCUT2D eigenvalue weighted by Crippen LogP contribution is -2.22. The van der Waals surface area contributed by atoms with E-state index in [1.54, 1.807) is 16.8 Å². The summed E-state index contributed by atoms with van der Waals surface area (Å²) in [6.07, 6.45) is -0.393. The fraction of sp³-hybridized carbons (Fsp3) is 0.222. The van der Waals surface area contributed by atoms with E-state index in [4.69, 9.17) is 9.47 Å². The fourth-order valence-electron chi connectivity index (χ4n) is 2.73. The molecule has 4 rings (SSSR count). The standard InChI is InChI=1S/C18H15N3O4/c22-17(25-16-9-10-24-18(16)23)13-7-5-12(6-8-13)11-21-15-4-2-1-3-14(15)19-20-21/h1-8,16H,9-11H2/t16-/m1/s1. The van der Waals surface area contributed by atoms with Gasteiger partial charge in [0.05, 0.1) is 24.2 Å². The summed E-state index contributed by atoms with van der Waals surface area (Å²) in [6.45, 7) is 0.840. The van der Waals surface area contributed by atoms with Gasteiger partial charge in [0.15, 0.2) is 0 Å². The average molecular weight is 337 g/mol. The number of hydrogen-bond acceptors (Lipinski definition) is 6. The molecule has 0 aliphatic carbocycles. The van der Waals surface area contributed by atoms with Crippen molar-refractivity contribution in [1.82, 2.24) is 15.0 Å². The summed E-state index contributed by atoms with van der Waals surface area (Å²) in [7, 11) is 0. The highest BCUT2D eigenvalue weighted by molar-refractivity contribution is 5.91. The van der Waals surface area contributed by atoms with Crippen LogP contribution in [-0.4, -0.2) is 39.6 Å². The summed E-state index contributed by atoms with van der Waals surface area (Å²) in [6, 6.07) is 14.7. The number of cyclic esters (lactones) is 1. The third kappa shape index (κ3) is 3.08. The van der Waals surface area contributed by atoms with Gasteiger partial charge >= 0.3 is 11.9 Å². The van der Waals surface area contributed by atoms with E-state index >= 15 is 0 Å². The number of esters is 2. The summed E-state index contributed by atoms with van der Waals surface area (Å²) < 4.78 is 11.8. The molecule has 7 heteroatoms. The second-order valence-corrected chi connectivity index (χ2v) is 5.78. The second kappa shape index (κ2) is 6.35. The van der Waals surface area contributed by atoms with Crippen molar-refractivity contribution in [2.75, 3.05) is 6.61 Å². The monoisotopic (exact) mass is 337 g/mol. The zero-order valence-corrected chi connectivity index (χ0v) is 13.3. The van der Waals surface area contributed by atoms with Gasteiger partial charge in [0.2, 0.25) is 6.10 Å². The van der Waals surface area contributed by atoms with Gasteiger partial charge in [-0.3, -0.25) is 0 Å². The smallest absolute Gasteiger partial charge is 0.347 e. The minimum atomic E-state index is -0.798. The molecule has 0 unspecified atom stereocenters. The van der Waals surface area contributed by atoms with Crippen LogP contribution >= 0.6 is 0 Å². The lowest BCUT2D eigenvalue weighted by atomic mass is 10.1. The van der Waals surface area contributed by atoms with Crippen LogP contribution in [0, 0.1) is 0 Å². The molecular weight excluding hydrogens is 322 g/mol. The Morgan fingerprint density at radius 1 is 1.20 bits per heavy atom. The van der Waals surface area contributed by atoms with Crippen molar-refractivity contribution in [2.45, 2.75) is 19.1 Å². The highest BCUT2D eigenvalue weighted by Gasteiger charge is 2.30. The van der Waals surface area contributed by atoms with Crippen LogP contribution in [0.4, 0.5) is 0 Å². The Morgan fingerprint density at radius 2 is 2.00 bits per heavy atom. The molecule has 0 bridgehead atoms. The first-order chi connectivity index (χ1) is 12.2. The molecule has 2 heterocycles. The molecule has 7 nitrogen and oxygen atoms in total. The average Bonchev–Trinajstić information content (AvgIpc) is 3.22. The van der Waals surface area contributed by atoms with Crippen molar-refractivity contribution >= 4 is 23.0 Å². The van der Waals surface area contributed by atoms with Crippen LogP contribution in [0.2, 0.25) is 0 Å². The number of benzene rings is 2. The maximum absolute atomic E-state index is 12.1. The van der Waals surface area contributed by atoms with Gasteiger partial charge in [-0.05, 0) is 29.8 Å². The number of carbonyl (C=O) groups excluding carboxylic acids is 2. The Morgan fingerprint density at radius 3 is 2.76 bits per heavy atom. The zero-order valence-electron chi connectivity index (χ0n) is 13.3. The number of para-hydroxylation sites is 1. The molecule has 0 spiro atoms. The van der Waals surface area contributed by atoms with Gasteiger partial charge in [-0.15, -0.1) is 5.10 Å². The number of aromatic nitrogens is 3. The molecule has 0 amide bonds. The van der Waals surface area contributed by atoms with Crippen LogP contribution in [-0.2, 0) is 20.8 Å². The topological polar surface area (TPSA) is 83.3 Å². The Hall–Kier alpha value is -3.22. The minimum absolute atomic E-state index is 0.293. The predicted molar refractivity (Wildman–Crippen MR) is 87.9 cm³/mol. The van der Waals surface area contributed by atoms with Crippen LogP contribution in [0.5, 0.6) is 0 Å². The van der Waals surface area contributed by atoms with E-state index in [0.29, 0.717) is 25.1 Å². The van der Waals surface area contributed by atoms with E-state index in [9.17, 15) is 9.59 Å². The van der Waals surface area contributed by atoms with E-state index < -0.39 is 18.0 Å². The molecule has 1 atom stereocenters. The normalized spacial score (nSPS) is 16.8. The summed E-state index contributed by atoms with van der Waals surface area (Å²) in [5.41, 5.74) is 3.16. The second-order valence-electron chi connectivity index (χ2n) is 5.78. The Bertz CT molecular complexity index is 933. The molecule has 0 radical (unpaired) electrons.